The molecule has 0 radical (unpaired) electrons. The SMILES string of the molecule is COc1ccc(S(=O)(=O)N(CC(=O)NCCCOC2CCCCC2)c2ccc(C)cc2)cc1. The number of nitrogens with zero attached hydrogens (tertiary/aromatic N) is 1. The lowest BCUT2D eigenvalue weighted by molar-refractivity contribution is -0.119. The van der Waals surface area contributed by atoms with Gasteiger partial charge < -0.3 is 14.8 Å². The van der Waals surface area contributed by atoms with Crippen molar-refractivity contribution in [3.05, 3.63) is 54.1 Å². The molecule has 0 aliphatic heterocycles. The molecule has 1 fully saturated rings. The number of aryl methyl sites for hydroxylation is 1. The van der Waals surface area contributed by atoms with E-state index in [1.807, 2.05) is 19.1 Å². The molecule has 7 nitrogen and oxygen atoms in total. The maximum absolute atomic E-state index is 13.4. The fourth-order valence-electron chi connectivity index (χ4n) is 3.87. The number of hydrogen-bond acceptors (Lipinski definition) is 5. The Hall–Kier alpha value is -2.58. The summed E-state index contributed by atoms with van der Waals surface area (Å²) in [7, 11) is -2.42. The highest BCUT2D eigenvalue weighted by Gasteiger charge is 2.27. The number of hydrogen-bond donors (Lipinski definition) is 1. The summed E-state index contributed by atoms with van der Waals surface area (Å²) in [4.78, 5) is 12.8. The average molecular weight is 475 g/mol. The number of nitrogens with one attached hydrogen (secondary N) is 1. The molecule has 1 aliphatic rings. The van der Waals surface area contributed by atoms with Gasteiger partial charge in [-0.15, -0.1) is 0 Å². The molecule has 0 bridgehead atoms. The molecular formula is C25H34N2O5S. The van der Waals surface area contributed by atoms with Crippen molar-refractivity contribution < 1.29 is 22.7 Å². The quantitative estimate of drug-likeness (QED) is 0.497. The van der Waals surface area contributed by atoms with Gasteiger partial charge in [-0.05, 0) is 62.6 Å². The van der Waals surface area contributed by atoms with Gasteiger partial charge in [0.15, 0.2) is 0 Å². The number of sulfonamides is 1. The third-order valence-corrected chi connectivity index (χ3v) is 7.59. The molecule has 8 heteroatoms. The first-order valence-corrected chi connectivity index (χ1v) is 13.0. The van der Waals surface area contributed by atoms with Crippen LogP contribution in [0.3, 0.4) is 0 Å². The maximum atomic E-state index is 13.4. The Morgan fingerprint density at radius 3 is 2.33 bits per heavy atom. The molecule has 1 aliphatic carbocycles. The molecule has 0 unspecified atom stereocenters. The monoisotopic (exact) mass is 474 g/mol. The lowest BCUT2D eigenvalue weighted by atomic mass is 9.98. The van der Waals surface area contributed by atoms with E-state index in [-0.39, 0.29) is 17.3 Å². The third-order valence-electron chi connectivity index (χ3n) is 5.81. The number of methoxy groups -OCH3 is 1. The summed E-state index contributed by atoms with van der Waals surface area (Å²) < 4.78 is 38.9. The standard InChI is InChI=1S/C25H34N2O5S/c1-20-9-11-21(12-10-20)27(33(29,30)24-15-13-22(31-2)14-16-24)19-25(28)26-17-6-18-32-23-7-4-3-5-8-23/h9-16,23H,3-8,17-19H2,1-2H3,(H,26,28). The van der Waals surface area contributed by atoms with Gasteiger partial charge in [0.25, 0.3) is 10.0 Å². The van der Waals surface area contributed by atoms with E-state index in [1.54, 1.807) is 24.3 Å². The third kappa shape index (κ3) is 7.20. The van der Waals surface area contributed by atoms with Crippen LogP contribution in [0.5, 0.6) is 5.75 Å². The predicted octanol–water partition coefficient (Wildman–Crippen LogP) is 4.05. The fourth-order valence-corrected chi connectivity index (χ4v) is 5.29. The smallest absolute Gasteiger partial charge is 0.264 e. The van der Waals surface area contributed by atoms with E-state index in [1.165, 1.54) is 38.5 Å². The maximum Gasteiger partial charge on any atom is 0.264 e. The van der Waals surface area contributed by atoms with Gasteiger partial charge in [-0.25, -0.2) is 8.42 Å². The molecule has 3 rings (SSSR count). The Balaban J connectivity index is 1.62. The Morgan fingerprint density at radius 1 is 1.03 bits per heavy atom. The van der Waals surface area contributed by atoms with Gasteiger partial charge in [0.05, 0.1) is 23.8 Å². The van der Waals surface area contributed by atoms with Crippen molar-refractivity contribution in [3.8, 4) is 5.75 Å². The van der Waals surface area contributed by atoms with Gasteiger partial charge in [0, 0.05) is 13.2 Å². The van der Waals surface area contributed by atoms with Crippen molar-refractivity contribution in [1.82, 2.24) is 5.32 Å². The highest BCUT2D eigenvalue weighted by Crippen LogP contribution is 2.25. The van der Waals surface area contributed by atoms with Gasteiger partial charge in [0.2, 0.25) is 5.91 Å². The van der Waals surface area contributed by atoms with Crippen molar-refractivity contribution in [2.24, 2.45) is 0 Å². The summed E-state index contributed by atoms with van der Waals surface area (Å²) in [6, 6.07) is 13.2. The normalized spacial score (nSPS) is 14.6. The molecule has 1 N–H and O–H groups in total. The summed E-state index contributed by atoms with van der Waals surface area (Å²) >= 11 is 0. The number of anilines is 1. The molecule has 0 saturated heterocycles. The number of carbonyl (C=O) groups excluding carboxylic acids is 1. The van der Waals surface area contributed by atoms with Gasteiger partial charge >= 0.3 is 0 Å². The van der Waals surface area contributed by atoms with Gasteiger partial charge in [-0.2, -0.15) is 0 Å². The number of ether oxygens (including phenoxy) is 2. The lowest BCUT2D eigenvalue weighted by Gasteiger charge is -2.24. The molecule has 2 aromatic carbocycles. The van der Waals surface area contributed by atoms with Crippen molar-refractivity contribution >= 4 is 21.6 Å². The summed E-state index contributed by atoms with van der Waals surface area (Å²) in [6.45, 7) is 2.65. The van der Waals surface area contributed by atoms with Crippen molar-refractivity contribution in [2.45, 2.75) is 56.4 Å². The zero-order valence-electron chi connectivity index (χ0n) is 19.5. The second kappa shape index (κ2) is 12.0. The number of rotatable bonds is 11. The number of benzene rings is 2. The number of carbonyl (C=O) groups is 1. The van der Waals surface area contributed by atoms with Crippen molar-refractivity contribution in [2.75, 3.05) is 31.1 Å². The van der Waals surface area contributed by atoms with Crippen LogP contribution in [0.2, 0.25) is 0 Å². The van der Waals surface area contributed by atoms with Crippen LogP contribution in [0.1, 0.15) is 44.1 Å². The Labute approximate surface area is 197 Å². The largest absolute Gasteiger partial charge is 0.497 e. The molecule has 33 heavy (non-hydrogen) atoms. The van der Waals surface area contributed by atoms with Crippen LogP contribution < -0.4 is 14.4 Å². The first-order chi connectivity index (χ1) is 15.9. The Morgan fingerprint density at radius 2 is 1.70 bits per heavy atom. The van der Waals surface area contributed by atoms with Crippen LogP contribution in [0.25, 0.3) is 0 Å². The van der Waals surface area contributed by atoms with Crippen molar-refractivity contribution in [1.29, 1.82) is 0 Å². The van der Waals surface area contributed by atoms with E-state index < -0.39 is 10.0 Å². The van der Waals surface area contributed by atoms with E-state index in [4.69, 9.17) is 9.47 Å². The van der Waals surface area contributed by atoms with E-state index in [0.717, 1.165) is 22.7 Å². The van der Waals surface area contributed by atoms with E-state index in [2.05, 4.69) is 5.32 Å². The number of amides is 1. The highest BCUT2D eigenvalue weighted by molar-refractivity contribution is 7.92. The average Bonchev–Trinajstić information content (AvgIpc) is 2.83. The minimum absolute atomic E-state index is 0.0950. The zero-order chi connectivity index (χ0) is 23.7. The second-order valence-electron chi connectivity index (χ2n) is 8.36. The van der Waals surface area contributed by atoms with Crippen LogP contribution in [0.4, 0.5) is 5.69 Å². The fraction of sp³-hybridized carbons (Fsp3) is 0.480. The first kappa shape index (κ1) is 25.1. The topological polar surface area (TPSA) is 84.9 Å². The van der Waals surface area contributed by atoms with Crippen LogP contribution in [0, 0.1) is 6.92 Å². The summed E-state index contributed by atoms with van der Waals surface area (Å²) in [6.07, 6.45) is 6.98. The molecule has 180 valence electrons. The van der Waals surface area contributed by atoms with Gasteiger partial charge in [-0.3, -0.25) is 9.10 Å². The molecule has 1 amide bonds. The zero-order valence-corrected chi connectivity index (χ0v) is 20.3. The van der Waals surface area contributed by atoms with E-state index >= 15 is 0 Å². The van der Waals surface area contributed by atoms with Gasteiger partial charge in [-0.1, -0.05) is 37.0 Å². The Bertz CT molecular complexity index is 984. The second-order valence-corrected chi connectivity index (χ2v) is 10.2. The van der Waals surface area contributed by atoms with Crippen LogP contribution in [-0.2, 0) is 19.6 Å². The summed E-state index contributed by atoms with van der Waals surface area (Å²) in [5, 5.41) is 2.83. The predicted molar refractivity (Wildman–Crippen MR) is 129 cm³/mol. The van der Waals surface area contributed by atoms with E-state index in [0.29, 0.717) is 37.1 Å². The van der Waals surface area contributed by atoms with Crippen LogP contribution in [0.15, 0.2) is 53.4 Å². The molecule has 0 heterocycles. The summed E-state index contributed by atoms with van der Waals surface area (Å²) in [5.41, 5.74) is 1.44. The molecular weight excluding hydrogens is 440 g/mol. The van der Waals surface area contributed by atoms with Gasteiger partial charge in [0.1, 0.15) is 12.3 Å². The lowest BCUT2D eigenvalue weighted by Crippen LogP contribution is -2.41. The molecule has 2 aromatic rings. The summed E-state index contributed by atoms with van der Waals surface area (Å²) in [5.74, 6) is 0.203. The highest BCUT2D eigenvalue weighted by atomic mass is 32.2. The Kier molecular flexibility index (Phi) is 9.14. The van der Waals surface area contributed by atoms with Crippen LogP contribution in [-0.4, -0.2) is 47.2 Å². The first-order valence-electron chi connectivity index (χ1n) is 11.5. The van der Waals surface area contributed by atoms with Crippen LogP contribution >= 0.6 is 0 Å². The minimum Gasteiger partial charge on any atom is -0.497 e. The molecule has 1 saturated carbocycles. The molecule has 0 spiro atoms. The molecule has 0 atom stereocenters. The minimum atomic E-state index is -3.94. The van der Waals surface area contributed by atoms with E-state index in [9.17, 15) is 13.2 Å². The molecule has 0 aromatic heterocycles. The van der Waals surface area contributed by atoms with Crippen molar-refractivity contribution in [3.63, 3.8) is 0 Å².